The molecule has 0 spiro atoms. The number of carbonyl (C=O) groups excluding carboxylic acids is 3. The minimum Gasteiger partial charge on any atom is -0.496 e. The number of rotatable bonds is 10. The first-order valence-electron chi connectivity index (χ1n) is 21.1. The van der Waals surface area contributed by atoms with Crippen molar-refractivity contribution >= 4 is 49.7 Å². The second-order valence-corrected chi connectivity index (χ2v) is 20.1. The summed E-state index contributed by atoms with van der Waals surface area (Å²) in [5.74, 6) is -0.262. The Bertz CT molecular complexity index is 2370. The van der Waals surface area contributed by atoms with Gasteiger partial charge in [-0.15, -0.1) is 11.3 Å². The molecular formula is C46H54N4O7S2. The van der Waals surface area contributed by atoms with Crippen LogP contribution in [0.1, 0.15) is 101 Å². The third kappa shape index (κ3) is 8.68. The van der Waals surface area contributed by atoms with E-state index in [2.05, 4.69) is 24.6 Å². The standard InChI is InChI=1S/C46H54N4O7S2/c1-28(2)38-27-58-43(48-38)37-23-36-29(3)41(56-4)20-19-35(36)42(47-37)57-33-22-39-40(51)25-46(45(53)49-59(54,55)34-17-18-34)24-32(46)16-12-7-5-6-11-15-31(44(52)50(39)26-33)21-30-13-9-8-10-14-30/h8-10,12-14,16,19-20,23,27-28,31-34,39H,5-7,11,15,17-18,21-22,24-26H2,1-4H3,(H,49,53)/b16-12-/t31-,32+,33-,39+,46-/m1/s1. The Kier molecular flexibility index (Phi) is 11.7. The SMILES string of the molecule is COc1ccc2c(O[C@@H]3C[C@H]4C(=O)C[C@]5(C(=O)NS(=O)(=O)C6CC6)C[C@@H]5/C=C\CCCCC[C@H](Cc5ccccc5)C(=O)N4C3)nc(-c3nc(C(C)C)cs3)cc2c1C. The Hall–Kier alpha value is -4.62. The zero-order valence-electron chi connectivity index (χ0n) is 34.3. The number of thiazole rings is 1. The Morgan fingerprint density at radius 3 is 2.56 bits per heavy atom. The van der Waals surface area contributed by atoms with Crippen LogP contribution in [0.2, 0.25) is 0 Å². The molecule has 2 saturated carbocycles. The molecule has 11 nitrogen and oxygen atoms in total. The molecule has 2 aromatic carbocycles. The van der Waals surface area contributed by atoms with E-state index in [1.54, 1.807) is 12.0 Å². The molecule has 8 rings (SSSR count). The molecule has 4 heterocycles. The van der Waals surface area contributed by atoms with E-state index in [-0.39, 0.29) is 48.8 Å². The molecular weight excluding hydrogens is 785 g/mol. The van der Waals surface area contributed by atoms with Gasteiger partial charge in [0.2, 0.25) is 27.7 Å². The number of aromatic nitrogens is 2. The Morgan fingerprint density at radius 2 is 1.83 bits per heavy atom. The number of carbonyl (C=O) groups is 3. The number of aryl methyl sites for hydroxylation is 1. The summed E-state index contributed by atoms with van der Waals surface area (Å²) in [6.07, 6.45) is 9.67. The van der Waals surface area contributed by atoms with Crippen molar-refractivity contribution < 1.29 is 32.3 Å². The van der Waals surface area contributed by atoms with Crippen molar-refractivity contribution in [3.05, 3.63) is 82.9 Å². The molecule has 0 unspecified atom stereocenters. The van der Waals surface area contributed by atoms with Gasteiger partial charge in [0.05, 0.1) is 36.1 Å². The lowest BCUT2D eigenvalue weighted by Crippen LogP contribution is -2.46. The molecule has 2 aliphatic carbocycles. The summed E-state index contributed by atoms with van der Waals surface area (Å²) in [5.41, 5.74) is 2.41. The number of nitrogens with one attached hydrogen (secondary N) is 1. The molecule has 5 atom stereocenters. The van der Waals surface area contributed by atoms with Crippen LogP contribution in [0.25, 0.3) is 21.5 Å². The van der Waals surface area contributed by atoms with Crippen LogP contribution in [0.15, 0.2) is 66.1 Å². The van der Waals surface area contributed by atoms with E-state index < -0.39 is 38.7 Å². The largest absolute Gasteiger partial charge is 0.496 e. The molecule has 2 aromatic heterocycles. The predicted molar refractivity (Wildman–Crippen MR) is 229 cm³/mol. The van der Waals surface area contributed by atoms with Crippen LogP contribution in [0.3, 0.4) is 0 Å². The maximum atomic E-state index is 14.9. The maximum Gasteiger partial charge on any atom is 0.240 e. The van der Waals surface area contributed by atoms with Crippen LogP contribution in [0.5, 0.6) is 11.6 Å². The first kappa shape index (κ1) is 41.1. The van der Waals surface area contributed by atoms with Gasteiger partial charge in [0.15, 0.2) is 5.78 Å². The Balaban J connectivity index is 1.15. The second-order valence-electron chi connectivity index (χ2n) is 17.3. The van der Waals surface area contributed by atoms with Crippen LogP contribution >= 0.6 is 11.3 Å². The van der Waals surface area contributed by atoms with Gasteiger partial charge in [-0.05, 0) is 98.4 Å². The highest BCUT2D eigenvalue weighted by atomic mass is 32.2. The van der Waals surface area contributed by atoms with E-state index >= 15 is 0 Å². The number of Topliss-reactive ketones (excluding diaryl/α,β-unsaturated/α-hetero) is 1. The van der Waals surface area contributed by atoms with Crippen LogP contribution in [-0.4, -0.2) is 71.9 Å². The summed E-state index contributed by atoms with van der Waals surface area (Å²) in [7, 11) is -2.19. The van der Waals surface area contributed by atoms with Gasteiger partial charge in [0.25, 0.3) is 0 Å². The van der Waals surface area contributed by atoms with E-state index in [1.165, 1.54) is 11.3 Å². The summed E-state index contributed by atoms with van der Waals surface area (Å²) in [6.45, 7) is 6.36. The van der Waals surface area contributed by atoms with Crippen molar-refractivity contribution in [2.45, 2.75) is 115 Å². The van der Waals surface area contributed by atoms with E-state index in [4.69, 9.17) is 19.4 Å². The number of sulfonamides is 1. The summed E-state index contributed by atoms with van der Waals surface area (Å²) >= 11 is 1.52. The predicted octanol–water partition coefficient (Wildman–Crippen LogP) is 8.10. The summed E-state index contributed by atoms with van der Waals surface area (Å²) in [5, 5.41) is 3.91. The van der Waals surface area contributed by atoms with Gasteiger partial charge in [0, 0.05) is 29.5 Å². The number of benzene rings is 2. The first-order valence-corrected chi connectivity index (χ1v) is 23.5. The van der Waals surface area contributed by atoms with Crippen molar-refractivity contribution in [2.75, 3.05) is 13.7 Å². The Morgan fingerprint density at radius 1 is 1.03 bits per heavy atom. The quantitative estimate of drug-likeness (QED) is 0.157. The molecule has 2 aliphatic heterocycles. The molecule has 4 aliphatic rings. The fraction of sp³-hybridized carbons (Fsp3) is 0.500. The number of pyridine rings is 1. The fourth-order valence-electron chi connectivity index (χ4n) is 8.89. The van der Waals surface area contributed by atoms with E-state index in [0.717, 1.165) is 64.0 Å². The number of allylic oxidation sites excluding steroid dienone is 2. The number of ketones is 1. The van der Waals surface area contributed by atoms with Crippen molar-refractivity contribution in [2.24, 2.45) is 17.3 Å². The summed E-state index contributed by atoms with van der Waals surface area (Å²) in [6, 6.07) is 14.9. The van der Waals surface area contributed by atoms with Crippen molar-refractivity contribution in [3.63, 3.8) is 0 Å². The summed E-state index contributed by atoms with van der Waals surface area (Å²) in [4.78, 5) is 55.3. The molecule has 2 amide bonds. The lowest BCUT2D eigenvalue weighted by atomic mass is 9.90. The molecule has 13 heteroatoms. The Labute approximate surface area is 351 Å². The molecule has 0 bridgehead atoms. The molecule has 59 heavy (non-hydrogen) atoms. The lowest BCUT2D eigenvalue weighted by Gasteiger charge is -2.29. The third-order valence-corrected chi connectivity index (χ3v) is 15.4. The van der Waals surface area contributed by atoms with Gasteiger partial charge in [-0.25, -0.2) is 18.4 Å². The molecule has 1 N–H and O–H groups in total. The number of nitrogens with zero attached hydrogens (tertiary/aromatic N) is 3. The third-order valence-electron chi connectivity index (χ3n) is 12.7. The van der Waals surface area contributed by atoms with Gasteiger partial charge < -0.3 is 14.4 Å². The average Bonchev–Trinajstić information content (AvgIpc) is 4.09. The first-order chi connectivity index (χ1) is 28.4. The second kappa shape index (κ2) is 16.8. The zero-order valence-corrected chi connectivity index (χ0v) is 35.9. The van der Waals surface area contributed by atoms with Crippen LogP contribution < -0.4 is 14.2 Å². The minimum absolute atomic E-state index is 0.107. The van der Waals surface area contributed by atoms with Gasteiger partial charge in [0.1, 0.15) is 22.6 Å². The number of ether oxygens (including phenoxy) is 2. The average molecular weight is 839 g/mol. The fourth-order valence-corrected chi connectivity index (χ4v) is 11.2. The van der Waals surface area contributed by atoms with Crippen molar-refractivity contribution in [3.8, 4) is 22.3 Å². The van der Waals surface area contributed by atoms with Gasteiger partial charge in [-0.3, -0.25) is 19.1 Å². The van der Waals surface area contributed by atoms with Crippen molar-refractivity contribution in [1.82, 2.24) is 19.6 Å². The monoisotopic (exact) mass is 838 g/mol. The molecule has 1 saturated heterocycles. The number of hydrogen-bond donors (Lipinski definition) is 1. The van der Waals surface area contributed by atoms with Crippen LogP contribution in [0, 0.1) is 24.2 Å². The normalized spacial score (nSPS) is 25.8. The highest BCUT2D eigenvalue weighted by Gasteiger charge is 2.61. The van der Waals surface area contributed by atoms with Crippen LogP contribution in [-0.2, 0) is 30.8 Å². The topological polar surface area (TPSA) is 145 Å². The highest BCUT2D eigenvalue weighted by Crippen LogP contribution is 2.57. The van der Waals surface area contributed by atoms with Crippen molar-refractivity contribution in [1.29, 1.82) is 0 Å². The number of methoxy groups -OCH3 is 1. The van der Waals surface area contributed by atoms with Crippen LogP contribution in [0.4, 0.5) is 0 Å². The van der Waals surface area contributed by atoms with Gasteiger partial charge in [-0.2, -0.15) is 0 Å². The van der Waals surface area contributed by atoms with Gasteiger partial charge in [-0.1, -0.05) is 69.2 Å². The summed E-state index contributed by atoms with van der Waals surface area (Å²) < 4.78 is 40.9. The number of amides is 2. The van der Waals surface area contributed by atoms with E-state index in [1.807, 2.05) is 66.9 Å². The zero-order chi connectivity index (χ0) is 41.5. The highest BCUT2D eigenvalue weighted by molar-refractivity contribution is 7.90. The number of hydrogen-bond acceptors (Lipinski definition) is 10. The smallest absolute Gasteiger partial charge is 0.240 e. The molecule has 4 aromatic rings. The molecule has 312 valence electrons. The van der Waals surface area contributed by atoms with E-state index in [0.29, 0.717) is 43.7 Å². The molecule has 0 radical (unpaired) electrons. The number of fused-ring (bicyclic) bond motifs is 3. The lowest BCUT2D eigenvalue weighted by molar-refractivity contribution is -0.142. The molecule has 3 fully saturated rings. The van der Waals surface area contributed by atoms with Gasteiger partial charge >= 0.3 is 0 Å². The minimum atomic E-state index is -3.83. The maximum absolute atomic E-state index is 14.9. The van der Waals surface area contributed by atoms with E-state index in [9.17, 15) is 22.8 Å².